The molecule has 146 valence electrons. The first kappa shape index (κ1) is 24.7. The third-order valence-corrected chi connectivity index (χ3v) is 19.2. The van der Waals surface area contributed by atoms with Crippen molar-refractivity contribution in [3.63, 3.8) is 0 Å². The van der Waals surface area contributed by atoms with Gasteiger partial charge in [0.2, 0.25) is 0 Å². The van der Waals surface area contributed by atoms with Crippen molar-refractivity contribution in [1.29, 1.82) is 0 Å². The van der Waals surface area contributed by atoms with E-state index in [1.54, 1.807) is 13.3 Å². The summed E-state index contributed by atoms with van der Waals surface area (Å²) in [6, 6.07) is 0. The standard InChI is InChI=1S/C10H15O2.3C4H9.Sn/c1-3-4-5-6-7-8-9-10(11)12-2;3*1-3-4-2;/h1,3,5-6H,4,7-9H2,2H3;3*1,3-4H2,2H3;/b3-1?,6-5-;;;;. The fourth-order valence-electron chi connectivity index (χ4n) is 3.29. The molecule has 0 spiro atoms. The van der Waals surface area contributed by atoms with E-state index in [0.717, 1.165) is 19.3 Å². The van der Waals surface area contributed by atoms with Gasteiger partial charge in [-0.15, -0.1) is 0 Å². The Labute approximate surface area is 161 Å². The van der Waals surface area contributed by atoms with Gasteiger partial charge in [-0.25, -0.2) is 0 Å². The summed E-state index contributed by atoms with van der Waals surface area (Å²) in [6.07, 6.45) is 18.7. The molecule has 0 heterocycles. The Morgan fingerprint density at radius 1 is 0.840 bits per heavy atom. The maximum absolute atomic E-state index is 11.1. The van der Waals surface area contributed by atoms with Gasteiger partial charge in [0.05, 0.1) is 0 Å². The van der Waals surface area contributed by atoms with E-state index < -0.39 is 18.4 Å². The van der Waals surface area contributed by atoms with E-state index in [2.05, 4.69) is 47.8 Å². The zero-order valence-electron chi connectivity index (χ0n) is 17.3. The number of ether oxygens (including phenoxy) is 1. The van der Waals surface area contributed by atoms with Crippen molar-refractivity contribution in [2.75, 3.05) is 7.11 Å². The van der Waals surface area contributed by atoms with Gasteiger partial charge in [-0.3, -0.25) is 0 Å². The molecule has 0 amide bonds. The van der Waals surface area contributed by atoms with Gasteiger partial charge >= 0.3 is 162 Å². The van der Waals surface area contributed by atoms with Crippen molar-refractivity contribution in [2.24, 2.45) is 0 Å². The number of carbonyl (C=O) groups excluding carboxylic acids is 1. The van der Waals surface area contributed by atoms with E-state index in [1.165, 1.54) is 45.6 Å². The van der Waals surface area contributed by atoms with Gasteiger partial charge in [-0.1, -0.05) is 0 Å². The molecule has 0 rings (SSSR count). The van der Waals surface area contributed by atoms with Crippen LogP contribution >= 0.6 is 0 Å². The van der Waals surface area contributed by atoms with Crippen LogP contribution in [-0.4, -0.2) is 31.5 Å². The summed E-state index contributed by atoms with van der Waals surface area (Å²) in [7, 11) is 1.46. The molecule has 0 aliphatic carbocycles. The normalized spacial score (nSPS) is 12.3. The molecule has 0 aromatic heterocycles. The van der Waals surface area contributed by atoms with E-state index in [1.807, 2.05) is 0 Å². The maximum atomic E-state index is 11.1. The Kier molecular flexibility index (Phi) is 17.0. The zero-order valence-corrected chi connectivity index (χ0v) is 20.2. The number of allylic oxidation sites excluding steroid dienone is 3. The molecule has 2 nitrogen and oxygen atoms in total. The van der Waals surface area contributed by atoms with Crippen molar-refractivity contribution in [2.45, 2.75) is 98.3 Å². The van der Waals surface area contributed by atoms with Gasteiger partial charge in [-0.05, 0) is 0 Å². The molecule has 0 radical (unpaired) electrons. The molecule has 0 saturated heterocycles. The topological polar surface area (TPSA) is 26.3 Å². The second-order valence-corrected chi connectivity index (χ2v) is 20.3. The molecule has 25 heavy (non-hydrogen) atoms. The third-order valence-electron chi connectivity index (χ3n) is 4.97. The van der Waals surface area contributed by atoms with E-state index in [9.17, 15) is 4.79 Å². The van der Waals surface area contributed by atoms with E-state index in [4.69, 9.17) is 0 Å². The van der Waals surface area contributed by atoms with Crippen LogP contribution in [0.3, 0.4) is 0 Å². The van der Waals surface area contributed by atoms with Crippen molar-refractivity contribution >= 4 is 24.3 Å². The predicted octanol–water partition coefficient (Wildman–Crippen LogP) is 7.22. The number of methoxy groups -OCH3 is 1. The van der Waals surface area contributed by atoms with E-state index in [0.29, 0.717) is 6.42 Å². The van der Waals surface area contributed by atoms with Crippen LogP contribution in [0.25, 0.3) is 0 Å². The quantitative estimate of drug-likeness (QED) is 0.106. The van der Waals surface area contributed by atoms with Gasteiger partial charge < -0.3 is 0 Å². The summed E-state index contributed by atoms with van der Waals surface area (Å²) in [4.78, 5) is 11.1. The second-order valence-electron chi connectivity index (χ2n) is 7.25. The number of esters is 1. The Balaban J connectivity index is 4.47. The zero-order chi connectivity index (χ0) is 18.8. The Bertz CT molecular complexity index is 352. The second kappa shape index (κ2) is 17.2. The summed E-state index contributed by atoms with van der Waals surface area (Å²) in [6.45, 7) is 6.99. The minimum absolute atomic E-state index is 0.102. The average Bonchev–Trinajstić information content (AvgIpc) is 2.64. The number of carbonyl (C=O) groups is 1. The molecular formula is C22H42O2Sn. The molecule has 0 aromatic rings. The van der Waals surface area contributed by atoms with Gasteiger partial charge in [-0.2, -0.15) is 0 Å². The van der Waals surface area contributed by atoms with Crippen LogP contribution in [0.1, 0.15) is 85.0 Å². The first-order chi connectivity index (χ1) is 12.1. The number of rotatable bonds is 16. The molecular weight excluding hydrogens is 415 g/mol. The van der Waals surface area contributed by atoms with Crippen molar-refractivity contribution in [3.8, 4) is 0 Å². The van der Waals surface area contributed by atoms with Crippen molar-refractivity contribution in [1.82, 2.24) is 0 Å². The predicted molar refractivity (Wildman–Crippen MR) is 114 cm³/mol. The first-order valence-electron chi connectivity index (χ1n) is 10.5. The first-order valence-corrected chi connectivity index (χ1v) is 18.2. The van der Waals surface area contributed by atoms with Gasteiger partial charge in [0.15, 0.2) is 0 Å². The monoisotopic (exact) mass is 458 g/mol. The Morgan fingerprint density at radius 2 is 1.40 bits per heavy atom. The molecule has 3 heteroatoms. The molecule has 0 aliphatic rings. The van der Waals surface area contributed by atoms with Gasteiger partial charge in [0.1, 0.15) is 0 Å². The van der Waals surface area contributed by atoms with Gasteiger partial charge in [0, 0.05) is 0 Å². The molecule has 0 saturated carbocycles. The minimum atomic E-state index is -2.07. The number of hydrogen-bond donors (Lipinski definition) is 0. The molecule has 0 fully saturated rings. The number of hydrogen-bond acceptors (Lipinski definition) is 2. The van der Waals surface area contributed by atoms with Crippen LogP contribution in [0, 0.1) is 0 Å². The summed E-state index contributed by atoms with van der Waals surface area (Å²) >= 11 is -2.07. The molecule has 0 atom stereocenters. The summed E-state index contributed by atoms with van der Waals surface area (Å²) in [5.74, 6) is -0.102. The van der Waals surface area contributed by atoms with Crippen LogP contribution < -0.4 is 0 Å². The molecule has 0 aromatic carbocycles. The van der Waals surface area contributed by atoms with Crippen LogP contribution in [-0.2, 0) is 9.53 Å². The van der Waals surface area contributed by atoms with E-state index >= 15 is 0 Å². The molecule has 0 aliphatic heterocycles. The van der Waals surface area contributed by atoms with Crippen molar-refractivity contribution < 1.29 is 9.53 Å². The molecule has 0 N–H and O–H groups in total. The van der Waals surface area contributed by atoms with Crippen LogP contribution in [0.4, 0.5) is 0 Å². The summed E-state index contributed by atoms with van der Waals surface area (Å²) < 4.78 is 12.0. The fraction of sp³-hybridized carbons (Fsp3) is 0.773. The molecule has 0 bridgehead atoms. The average molecular weight is 457 g/mol. The molecule has 0 unspecified atom stereocenters. The van der Waals surface area contributed by atoms with Gasteiger partial charge in [0.25, 0.3) is 0 Å². The van der Waals surface area contributed by atoms with Crippen LogP contribution in [0.5, 0.6) is 0 Å². The fourth-order valence-corrected chi connectivity index (χ4v) is 17.7. The summed E-state index contributed by atoms with van der Waals surface area (Å²) in [5.41, 5.74) is 0. The Morgan fingerprint density at radius 3 is 1.88 bits per heavy atom. The summed E-state index contributed by atoms with van der Waals surface area (Å²) in [5, 5.41) is 0. The van der Waals surface area contributed by atoms with Crippen LogP contribution in [0.2, 0.25) is 13.3 Å². The van der Waals surface area contributed by atoms with Crippen molar-refractivity contribution in [3.05, 3.63) is 22.3 Å². The SMILES string of the molecule is CCC[CH2][Sn]([CH]=CC/C=C\CCCC(=O)OC)([CH2]CCC)[CH2]CCC. The van der Waals surface area contributed by atoms with Crippen LogP contribution in [0.15, 0.2) is 22.3 Å². The van der Waals surface area contributed by atoms with E-state index in [-0.39, 0.29) is 5.97 Å². The Hall–Kier alpha value is -0.251. The third kappa shape index (κ3) is 13.6. The number of unbranched alkanes of at least 4 members (excludes halogenated alkanes) is 4.